The van der Waals surface area contributed by atoms with Crippen LogP contribution in [0.4, 0.5) is 0 Å². The standard InChI is InChI=1S/C5H12BO5P/c6-5-1-4(2-10-5)11-3-12(7,8)9/h4-5H,1-3,6H2,(H2,7,8,9)/t4-,5+/m0/s1. The van der Waals surface area contributed by atoms with Gasteiger partial charge in [0.05, 0.1) is 12.7 Å². The predicted octanol–water partition coefficient (Wildman–Crippen LogP) is -1.11. The van der Waals surface area contributed by atoms with E-state index < -0.39 is 13.9 Å². The quantitative estimate of drug-likeness (QED) is 0.439. The molecule has 0 unspecified atom stereocenters. The maximum absolute atomic E-state index is 10.4. The Morgan fingerprint density at radius 3 is 2.75 bits per heavy atom. The van der Waals surface area contributed by atoms with E-state index in [0.717, 1.165) is 0 Å². The Hall–Kier alpha value is 0.135. The first kappa shape index (κ1) is 10.2. The fourth-order valence-corrected chi connectivity index (χ4v) is 1.50. The fourth-order valence-electron chi connectivity index (χ4n) is 1.10. The van der Waals surface area contributed by atoms with E-state index >= 15 is 0 Å². The van der Waals surface area contributed by atoms with E-state index in [1.54, 1.807) is 0 Å². The molecule has 1 rings (SSSR count). The lowest BCUT2D eigenvalue weighted by molar-refractivity contribution is 0.0593. The van der Waals surface area contributed by atoms with Gasteiger partial charge in [-0.2, -0.15) is 0 Å². The highest BCUT2D eigenvalue weighted by Crippen LogP contribution is 2.35. The van der Waals surface area contributed by atoms with Gasteiger partial charge < -0.3 is 19.3 Å². The Morgan fingerprint density at radius 2 is 2.33 bits per heavy atom. The summed E-state index contributed by atoms with van der Waals surface area (Å²) in [6.07, 6.45) is 0.0425. The molecule has 1 saturated heterocycles. The summed E-state index contributed by atoms with van der Waals surface area (Å²) < 4.78 is 20.5. The van der Waals surface area contributed by atoms with E-state index in [2.05, 4.69) is 0 Å². The van der Waals surface area contributed by atoms with Crippen molar-refractivity contribution in [2.75, 3.05) is 13.0 Å². The number of ether oxygens (including phenoxy) is 2. The molecule has 1 aliphatic rings. The summed E-state index contributed by atoms with van der Waals surface area (Å²) >= 11 is 0. The second-order valence-corrected chi connectivity index (χ2v) is 4.55. The molecule has 0 aromatic heterocycles. The van der Waals surface area contributed by atoms with Gasteiger partial charge in [0.25, 0.3) is 0 Å². The first-order valence-electron chi connectivity index (χ1n) is 3.75. The lowest BCUT2D eigenvalue weighted by atomic mass is 9.97. The zero-order valence-electron chi connectivity index (χ0n) is 6.84. The van der Waals surface area contributed by atoms with Gasteiger partial charge in [-0.15, -0.1) is 0 Å². The second-order valence-electron chi connectivity index (χ2n) is 2.96. The summed E-state index contributed by atoms with van der Waals surface area (Å²) in [5.41, 5.74) is 0. The Morgan fingerprint density at radius 1 is 1.67 bits per heavy atom. The third-order valence-electron chi connectivity index (χ3n) is 1.64. The van der Waals surface area contributed by atoms with Crippen molar-refractivity contribution in [3.05, 3.63) is 0 Å². The molecule has 0 saturated carbocycles. The monoisotopic (exact) mass is 194 g/mol. The SMILES string of the molecule is B[C@H]1C[C@H](OCP(=O)(O)O)CO1. The van der Waals surface area contributed by atoms with Gasteiger partial charge >= 0.3 is 7.60 Å². The van der Waals surface area contributed by atoms with Crippen molar-refractivity contribution in [3.8, 4) is 0 Å². The van der Waals surface area contributed by atoms with Crippen LogP contribution in [0.1, 0.15) is 6.42 Å². The molecule has 0 aromatic rings. The van der Waals surface area contributed by atoms with Crippen LogP contribution in [0.2, 0.25) is 0 Å². The van der Waals surface area contributed by atoms with E-state index in [-0.39, 0.29) is 12.1 Å². The molecule has 2 N–H and O–H groups in total. The maximum Gasteiger partial charge on any atom is 0.350 e. The van der Waals surface area contributed by atoms with Crippen LogP contribution in [-0.4, -0.2) is 42.7 Å². The Balaban J connectivity index is 2.21. The van der Waals surface area contributed by atoms with Crippen molar-refractivity contribution in [2.45, 2.75) is 18.5 Å². The van der Waals surface area contributed by atoms with Gasteiger partial charge in [-0.05, 0) is 6.42 Å². The molecule has 0 aliphatic carbocycles. The van der Waals surface area contributed by atoms with E-state index in [4.69, 9.17) is 19.3 Å². The largest absolute Gasteiger partial charge is 0.384 e. The fraction of sp³-hybridized carbons (Fsp3) is 1.00. The van der Waals surface area contributed by atoms with Crippen LogP contribution in [0.15, 0.2) is 0 Å². The summed E-state index contributed by atoms with van der Waals surface area (Å²) in [6, 6.07) is 0.131. The zero-order chi connectivity index (χ0) is 9.19. The molecule has 7 heteroatoms. The van der Waals surface area contributed by atoms with Crippen molar-refractivity contribution in [1.29, 1.82) is 0 Å². The van der Waals surface area contributed by atoms with Crippen LogP contribution in [0.5, 0.6) is 0 Å². The van der Waals surface area contributed by atoms with Crippen LogP contribution in [0.25, 0.3) is 0 Å². The summed E-state index contributed by atoms with van der Waals surface area (Å²) in [7, 11) is -2.11. The van der Waals surface area contributed by atoms with Crippen molar-refractivity contribution in [3.63, 3.8) is 0 Å². The van der Waals surface area contributed by atoms with Crippen LogP contribution in [-0.2, 0) is 14.0 Å². The summed E-state index contributed by atoms with van der Waals surface area (Å²) in [5.74, 6) is 0. The van der Waals surface area contributed by atoms with E-state index in [0.29, 0.717) is 13.0 Å². The molecule has 1 fully saturated rings. The van der Waals surface area contributed by atoms with Gasteiger partial charge in [-0.25, -0.2) is 0 Å². The third-order valence-corrected chi connectivity index (χ3v) is 2.13. The predicted molar refractivity (Wildman–Crippen MR) is 44.7 cm³/mol. The van der Waals surface area contributed by atoms with Crippen LogP contribution in [0.3, 0.4) is 0 Å². The minimum absolute atomic E-state index is 0.131. The molecular formula is C5H12BO5P. The van der Waals surface area contributed by atoms with Crippen molar-refractivity contribution >= 4 is 15.4 Å². The highest BCUT2D eigenvalue weighted by molar-refractivity contribution is 7.51. The average molecular weight is 194 g/mol. The molecular weight excluding hydrogens is 182 g/mol. The molecule has 0 amide bonds. The molecule has 0 bridgehead atoms. The molecule has 0 radical (unpaired) electrons. The maximum atomic E-state index is 10.4. The summed E-state index contributed by atoms with van der Waals surface area (Å²) in [4.78, 5) is 17.0. The van der Waals surface area contributed by atoms with Gasteiger partial charge in [-0.1, -0.05) is 0 Å². The zero-order valence-corrected chi connectivity index (χ0v) is 7.74. The minimum atomic E-state index is -4.02. The lowest BCUT2D eigenvalue weighted by Gasteiger charge is -2.10. The van der Waals surface area contributed by atoms with Gasteiger partial charge in [0.1, 0.15) is 14.2 Å². The molecule has 5 nitrogen and oxygen atoms in total. The number of rotatable bonds is 3. The van der Waals surface area contributed by atoms with Gasteiger partial charge in [0.15, 0.2) is 0 Å². The average Bonchev–Trinajstić information content (AvgIpc) is 2.30. The summed E-state index contributed by atoms with van der Waals surface area (Å²) in [6.45, 7) is 0.432. The normalized spacial score (nSPS) is 30.8. The Labute approximate surface area is 71.6 Å². The molecule has 12 heavy (non-hydrogen) atoms. The molecule has 0 aromatic carbocycles. The number of hydrogen-bond acceptors (Lipinski definition) is 3. The Bertz CT molecular complexity index is 192. The van der Waals surface area contributed by atoms with Gasteiger partial charge in [0.2, 0.25) is 0 Å². The van der Waals surface area contributed by atoms with E-state index in [1.807, 2.05) is 7.85 Å². The molecule has 1 heterocycles. The van der Waals surface area contributed by atoms with Crippen molar-refractivity contribution in [2.24, 2.45) is 0 Å². The topological polar surface area (TPSA) is 76.0 Å². The molecule has 0 spiro atoms. The van der Waals surface area contributed by atoms with E-state index in [1.165, 1.54) is 0 Å². The van der Waals surface area contributed by atoms with Gasteiger partial charge in [-0.3, -0.25) is 4.57 Å². The smallest absolute Gasteiger partial charge is 0.350 e. The van der Waals surface area contributed by atoms with Crippen LogP contribution >= 0.6 is 7.60 Å². The second kappa shape index (κ2) is 3.90. The molecule has 1 aliphatic heterocycles. The minimum Gasteiger partial charge on any atom is -0.384 e. The Kier molecular flexibility index (Phi) is 3.32. The lowest BCUT2D eigenvalue weighted by Crippen LogP contribution is -2.13. The van der Waals surface area contributed by atoms with Gasteiger partial charge in [0, 0.05) is 6.00 Å². The highest BCUT2D eigenvalue weighted by Gasteiger charge is 2.25. The first-order chi connectivity index (χ1) is 5.47. The van der Waals surface area contributed by atoms with Crippen molar-refractivity contribution in [1.82, 2.24) is 0 Å². The molecule has 2 atom stereocenters. The van der Waals surface area contributed by atoms with E-state index in [9.17, 15) is 4.57 Å². The third kappa shape index (κ3) is 3.69. The first-order valence-corrected chi connectivity index (χ1v) is 5.55. The molecule has 70 valence electrons. The van der Waals surface area contributed by atoms with Crippen molar-refractivity contribution < 1.29 is 23.8 Å². The number of hydrogen-bond donors (Lipinski definition) is 2. The van der Waals surface area contributed by atoms with Crippen LogP contribution < -0.4 is 0 Å². The highest BCUT2D eigenvalue weighted by atomic mass is 31.2. The van der Waals surface area contributed by atoms with Crippen LogP contribution in [0, 0.1) is 0 Å². The summed E-state index contributed by atoms with van der Waals surface area (Å²) in [5, 5.41) is 0.